The zero-order chi connectivity index (χ0) is 21.0. The Morgan fingerprint density at radius 1 is 0.935 bits per heavy atom. The van der Waals surface area contributed by atoms with Crippen LogP contribution in [-0.4, -0.2) is 15.3 Å². The Labute approximate surface area is 183 Å². The second-order valence-electron chi connectivity index (χ2n) is 6.97. The number of thiophene rings is 1. The molecule has 0 saturated carbocycles. The maximum Gasteiger partial charge on any atom is 0.256 e. The molecule has 0 spiro atoms. The van der Waals surface area contributed by atoms with E-state index in [1.807, 2.05) is 88.8 Å². The van der Waals surface area contributed by atoms with E-state index in [1.54, 1.807) is 23.5 Å². The largest absolute Gasteiger partial charge is 0.489 e. The zero-order valence-corrected chi connectivity index (χ0v) is 17.4. The van der Waals surface area contributed by atoms with Gasteiger partial charge in [0.2, 0.25) is 0 Å². The minimum Gasteiger partial charge on any atom is -0.489 e. The van der Waals surface area contributed by atoms with E-state index in [-0.39, 0.29) is 5.91 Å². The van der Waals surface area contributed by atoms with Crippen LogP contribution in [0.15, 0.2) is 96.5 Å². The molecule has 5 nitrogen and oxygen atoms in total. The van der Waals surface area contributed by atoms with Crippen molar-refractivity contribution in [2.24, 2.45) is 0 Å². The van der Waals surface area contributed by atoms with E-state index in [9.17, 15) is 4.79 Å². The van der Waals surface area contributed by atoms with Crippen molar-refractivity contribution in [3.05, 3.63) is 108 Å². The lowest BCUT2D eigenvalue weighted by Crippen LogP contribution is -2.14. The van der Waals surface area contributed by atoms with Crippen LogP contribution in [0.4, 0.5) is 5.82 Å². The summed E-state index contributed by atoms with van der Waals surface area (Å²) in [4.78, 5) is 18.7. The number of fused-ring (bicyclic) bond motifs is 1. The highest BCUT2D eigenvalue weighted by molar-refractivity contribution is 7.13. The van der Waals surface area contributed by atoms with Crippen LogP contribution in [0, 0.1) is 0 Å². The topological polar surface area (TPSA) is 55.6 Å². The molecule has 1 N–H and O–H groups in total. The van der Waals surface area contributed by atoms with Crippen LogP contribution < -0.4 is 10.1 Å². The van der Waals surface area contributed by atoms with E-state index in [2.05, 4.69) is 5.32 Å². The molecule has 6 heteroatoms. The number of rotatable bonds is 6. The first-order valence-corrected chi connectivity index (χ1v) is 10.7. The maximum atomic E-state index is 13.0. The van der Waals surface area contributed by atoms with Gasteiger partial charge in [-0.2, -0.15) is 0 Å². The third kappa shape index (κ3) is 4.06. The molecule has 0 aliphatic rings. The highest BCUT2D eigenvalue weighted by Gasteiger charge is 2.17. The number of anilines is 1. The standard InChI is InChI=1S/C25H19N3O2S/c29-25(19-11-13-20(14-12-19)30-17-18-7-2-1-3-8-18)27-24-23(21-9-6-16-31-21)26-22-10-4-5-15-28(22)24/h1-16H,17H2,(H,27,29). The summed E-state index contributed by atoms with van der Waals surface area (Å²) >= 11 is 1.59. The smallest absolute Gasteiger partial charge is 0.256 e. The number of pyridine rings is 1. The first-order chi connectivity index (χ1) is 15.3. The van der Waals surface area contributed by atoms with Crippen LogP contribution in [0.25, 0.3) is 16.2 Å². The Hall–Kier alpha value is -3.90. The summed E-state index contributed by atoms with van der Waals surface area (Å²) in [6, 6.07) is 26.9. The molecule has 0 bridgehead atoms. The number of carbonyl (C=O) groups excluding carboxylic acids is 1. The van der Waals surface area contributed by atoms with E-state index in [0.29, 0.717) is 18.0 Å². The number of ether oxygens (including phenoxy) is 1. The number of imidazole rings is 1. The molecule has 3 heterocycles. The third-order valence-electron chi connectivity index (χ3n) is 4.88. The fourth-order valence-electron chi connectivity index (χ4n) is 3.32. The number of aromatic nitrogens is 2. The van der Waals surface area contributed by atoms with E-state index in [0.717, 1.165) is 27.5 Å². The van der Waals surface area contributed by atoms with Crippen LogP contribution in [-0.2, 0) is 6.61 Å². The highest BCUT2D eigenvalue weighted by Crippen LogP contribution is 2.32. The molecule has 0 atom stereocenters. The van der Waals surface area contributed by atoms with E-state index >= 15 is 0 Å². The van der Waals surface area contributed by atoms with Gasteiger partial charge in [0.25, 0.3) is 5.91 Å². The van der Waals surface area contributed by atoms with Gasteiger partial charge in [-0.15, -0.1) is 11.3 Å². The van der Waals surface area contributed by atoms with Crippen molar-refractivity contribution in [2.75, 3.05) is 5.32 Å². The van der Waals surface area contributed by atoms with Crippen LogP contribution in [0.2, 0.25) is 0 Å². The molecular formula is C25H19N3O2S. The molecule has 1 amide bonds. The van der Waals surface area contributed by atoms with E-state index < -0.39 is 0 Å². The SMILES string of the molecule is O=C(Nc1c(-c2cccs2)nc2ccccn12)c1ccc(OCc2ccccc2)cc1. The average Bonchev–Trinajstić information content (AvgIpc) is 3.47. The number of nitrogens with one attached hydrogen (secondary N) is 1. The average molecular weight is 426 g/mol. The van der Waals surface area contributed by atoms with Gasteiger partial charge in [0.15, 0.2) is 0 Å². The molecule has 0 unspecified atom stereocenters. The fourth-order valence-corrected chi connectivity index (χ4v) is 4.04. The molecule has 5 rings (SSSR count). The van der Waals surface area contributed by atoms with Crippen LogP contribution in [0.5, 0.6) is 5.75 Å². The Morgan fingerprint density at radius 2 is 1.74 bits per heavy atom. The van der Waals surface area contributed by atoms with Crippen molar-refractivity contribution in [1.82, 2.24) is 9.38 Å². The van der Waals surface area contributed by atoms with E-state index in [4.69, 9.17) is 9.72 Å². The Bertz CT molecular complexity index is 1310. The predicted octanol–water partition coefficient (Wildman–Crippen LogP) is 5.89. The van der Waals surface area contributed by atoms with Crippen molar-refractivity contribution >= 4 is 28.7 Å². The van der Waals surface area contributed by atoms with Crippen molar-refractivity contribution in [3.8, 4) is 16.3 Å². The summed E-state index contributed by atoms with van der Waals surface area (Å²) in [5.41, 5.74) is 3.19. The van der Waals surface area contributed by atoms with Crippen molar-refractivity contribution < 1.29 is 9.53 Å². The maximum absolute atomic E-state index is 13.0. The van der Waals surface area contributed by atoms with Crippen LogP contribution in [0.3, 0.4) is 0 Å². The molecule has 2 aromatic carbocycles. The van der Waals surface area contributed by atoms with Crippen molar-refractivity contribution in [3.63, 3.8) is 0 Å². The molecule has 3 aromatic heterocycles. The van der Waals surface area contributed by atoms with Gasteiger partial charge >= 0.3 is 0 Å². The summed E-state index contributed by atoms with van der Waals surface area (Å²) < 4.78 is 7.71. The van der Waals surface area contributed by atoms with Gasteiger partial charge in [0.05, 0.1) is 4.88 Å². The number of carbonyl (C=O) groups is 1. The van der Waals surface area contributed by atoms with Gasteiger partial charge in [0, 0.05) is 11.8 Å². The summed E-state index contributed by atoms with van der Waals surface area (Å²) in [7, 11) is 0. The van der Waals surface area contributed by atoms with Gasteiger partial charge in [-0.05, 0) is 53.4 Å². The minimum absolute atomic E-state index is 0.196. The molecule has 0 aliphatic heterocycles. The summed E-state index contributed by atoms with van der Waals surface area (Å²) in [5.74, 6) is 1.18. The van der Waals surface area contributed by atoms with Crippen molar-refractivity contribution in [1.29, 1.82) is 0 Å². The first kappa shape index (κ1) is 19.1. The number of nitrogens with zero attached hydrogens (tertiary/aromatic N) is 2. The Kier molecular flexibility index (Phi) is 5.21. The molecule has 0 aliphatic carbocycles. The zero-order valence-electron chi connectivity index (χ0n) is 16.6. The number of hydrogen-bond donors (Lipinski definition) is 1. The third-order valence-corrected chi connectivity index (χ3v) is 5.76. The van der Waals surface area contributed by atoms with Gasteiger partial charge < -0.3 is 10.1 Å². The predicted molar refractivity (Wildman–Crippen MR) is 124 cm³/mol. The molecule has 31 heavy (non-hydrogen) atoms. The van der Waals surface area contributed by atoms with Gasteiger partial charge in [0.1, 0.15) is 29.5 Å². The second kappa shape index (κ2) is 8.45. The van der Waals surface area contributed by atoms with Crippen molar-refractivity contribution in [2.45, 2.75) is 6.61 Å². The highest BCUT2D eigenvalue weighted by atomic mass is 32.1. The lowest BCUT2D eigenvalue weighted by atomic mass is 10.2. The summed E-state index contributed by atoms with van der Waals surface area (Å²) in [5, 5.41) is 5.04. The lowest BCUT2D eigenvalue weighted by Gasteiger charge is -2.09. The van der Waals surface area contributed by atoms with Gasteiger partial charge in [-0.3, -0.25) is 9.20 Å². The molecule has 5 aromatic rings. The van der Waals surface area contributed by atoms with E-state index in [1.165, 1.54) is 0 Å². The Morgan fingerprint density at radius 3 is 2.52 bits per heavy atom. The molecule has 152 valence electrons. The molecule has 0 saturated heterocycles. The lowest BCUT2D eigenvalue weighted by molar-refractivity contribution is 0.102. The molecule has 0 radical (unpaired) electrons. The molecular weight excluding hydrogens is 406 g/mol. The number of amides is 1. The summed E-state index contributed by atoms with van der Waals surface area (Å²) in [6.07, 6.45) is 1.90. The normalized spacial score (nSPS) is 10.8. The number of hydrogen-bond acceptors (Lipinski definition) is 4. The van der Waals surface area contributed by atoms with Gasteiger partial charge in [-0.25, -0.2) is 4.98 Å². The van der Waals surface area contributed by atoms with Crippen LogP contribution in [0.1, 0.15) is 15.9 Å². The fraction of sp³-hybridized carbons (Fsp3) is 0.0400. The minimum atomic E-state index is -0.196. The Balaban J connectivity index is 1.36. The number of benzene rings is 2. The summed E-state index contributed by atoms with van der Waals surface area (Å²) in [6.45, 7) is 0.484. The monoisotopic (exact) mass is 425 g/mol. The second-order valence-corrected chi connectivity index (χ2v) is 7.92. The van der Waals surface area contributed by atoms with Crippen LogP contribution >= 0.6 is 11.3 Å². The molecule has 0 fully saturated rings. The quantitative estimate of drug-likeness (QED) is 0.369. The first-order valence-electron chi connectivity index (χ1n) is 9.87. The van der Waals surface area contributed by atoms with Gasteiger partial charge in [-0.1, -0.05) is 42.5 Å².